The smallest absolute Gasteiger partial charge is 0.164 e. The molecule has 0 atom stereocenters. The molecule has 0 spiro atoms. The second-order valence-corrected chi connectivity index (χ2v) is 2.04. The van der Waals surface area contributed by atoms with Crippen LogP contribution in [0.1, 0.15) is 5.56 Å². The fourth-order valence-corrected chi connectivity index (χ4v) is 0.711. The van der Waals surface area contributed by atoms with Crippen molar-refractivity contribution in [3.8, 4) is 5.75 Å². The van der Waals surface area contributed by atoms with Gasteiger partial charge in [-0.3, -0.25) is 0 Å². The van der Waals surface area contributed by atoms with E-state index in [0.717, 1.165) is 12.1 Å². The fourth-order valence-electron chi connectivity index (χ4n) is 0.711. The summed E-state index contributed by atoms with van der Waals surface area (Å²) in [5.74, 6) is -1.23. The Kier molecular flexibility index (Phi) is 2.38. The lowest BCUT2D eigenvalue weighted by Gasteiger charge is -1.97. The highest BCUT2D eigenvalue weighted by Crippen LogP contribution is 2.16. The molecule has 0 heterocycles. The van der Waals surface area contributed by atoms with Gasteiger partial charge in [0, 0.05) is 0 Å². The molecule has 1 aromatic rings. The van der Waals surface area contributed by atoms with Crippen LogP contribution in [0.25, 0.3) is 0 Å². The van der Waals surface area contributed by atoms with Gasteiger partial charge in [-0.05, 0) is 22.2 Å². The van der Waals surface area contributed by atoms with Gasteiger partial charge < -0.3 is 5.11 Å². The minimum absolute atomic E-state index is 0.284. The van der Waals surface area contributed by atoms with Crippen LogP contribution in [0.4, 0.5) is 8.92 Å². The second-order valence-electron chi connectivity index (χ2n) is 2.04. The van der Waals surface area contributed by atoms with Crippen molar-refractivity contribution in [3.05, 3.63) is 29.6 Å². The van der Waals surface area contributed by atoms with E-state index in [1.54, 1.807) is 0 Å². The minimum Gasteiger partial charge on any atom is -0.505 e. The first-order valence-corrected chi connectivity index (χ1v) is 2.95. The molecule has 1 aromatic carbocycles. The summed E-state index contributed by atoms with van der Waals surface area (Å²) in [6, 6.07) is 3.48. The molecule has 0 aliphatic rings. The van der Waals surface area contributed by atoms with Crippen LogP contribution in [-0.2, 0) is 11.5 Å². The first kappa shape index (κ1) is 7.94. The SMILES string of the molecule is Oc1cc(COF)ccc1F. The minimum atomic E-state index is -0.729. The zero-order chi connectivity index (χ0) is 8.27. The summed E-state index contributed by atoms with van der Waals surface area (Å²) in [7, 11) is 0. The maximum absolute atomic E-state index is 12.4. The fraction of sp³-hybridized carbons (Fsp3) is 0.143. The van der Waals surface area contributed by atoms with Crippen LogP contribution in [-0.4, -0.2) is 5.11 Å². The molecule has 0 saturated heterocycles. The van der Waals surface area contributed by atoms with Crippen LogP contribution >= 0.6 is 0 Å². The Morgan fingerprint density at radius 3 is 2.73 bits per heavy atom. The first-order valence-electron chi connectivity index (χ1n) is 2.95. The zero-order valence-electron chi connectivity index (χ0n) is 5.55. The summed E-state index contributed by atoms with van der Waals surface area (Å²) < 4.78 is 23.6. The maximum atomic E-state index is 12.4. The number of benzene rings is 1. The molecule has 0 saturated carbocycles. The summed E-state index contributed by atoms with van der Waals surface area (Å²) in [4.78, 5) is 3.29. The van der Waals surface area contributed by atoms with Gasteiger partial charge in [0.2, 0.25) is 0 Å². The van der Waals surface area contributed by atoms with Crippen LogP contribution in [0.15, 0.2) is 18.2 Å². The molecule has 60 valence electrons. The Labute approximate surface area is 61.9 Å². The zero-order valence-corrected chi connectivity index (χ0v) is 5.55. The highest BCUT2D eigenvalue weighted by atomic mass is 19.3. The van der Waals surface area contributed by atoms with Gasteiger partial charge in [0.15, 0.2) is 11.6 Å². The van der Waals surface area contributed by atoms with Crippen LogP contribution in [0.3, 0.4) is 0 Å². The number of phenolic OH excluding ortho intramolecular Hbond substituents is 1. The van der Waals surface area contributed by atoms with Crippen LogP contribution in [0.2, 0.25) is 0 Å². The summed E-state index contributed by atoms with van der Waals surface area (Å²) >= 11 is 0. The van der Waals surface area contributed by atoms with Crippen LogP contribution in [0.5, 0.6) is 5.75 Å². The molecule has 1 rings (SSSR count). The molecule has 0 aromatic heterocycles. The molecule has 0 aliphatic carbocycles. The highest BCUT2D eigenvalue weighted by Gasteiger charge is 2.00. The summed E-state index contributed by atoms with van der Waals surface area (Å²) in [6.07, 6.45) is 0. The van der Waals surface area contributed by atoms with Crippen molar-refractivity contribution >= 4 is 0 Å². The van der Waals surface area contributed by atoms with E-state index in [-0.39, 0.29) is 6.61 Å². The molecule has 0 unspecified atom stereocenters. The Balaban J connectivity index is 2.86. The predicted octanol–water partition coefficient (Wildman–Crippen LogP) is 1.93. The van der Waals surface area contributed by atoms with E-state index in [2.05, 4.69) is 4.94 Å². The Bertz CT molecular complexity index is 250. The van der Waals surface area contributed by atoms with E-state index in [0.29, 0.717) is 5.56 Å². The van der Waals surface area contributed by atoms with Gasteiger partial charge in [-0.15, -0.1) is 0 Å². The van der Waals surface area contributed by atoms with Gasteiger partial charge in [-0.25, -0.2) is 4.39 Å². The third-order valence-corrected chi connectivity index (χ3v) is 1.23. The lowest BCUT2D eigenvalue weighted by Crippen LogP contribution is -1.85. The van der Waals surface area contributed by atoms with Gasteiger partial charge >= 0.3 is 0 Å². The van der Waals surface area contributed by atoms with E-state index in [1.807, 2.05) is 0 Å². The predicted molar refractivity (Wildman–Crippen MR) is 34.0 cm³/mol. The molecule has 0 radical (unpaired) electrons. The highest BCUT2D eigenvalue weighted by molar-refractivity contribution is 5.28. The van der Waals surface area contributed by atoms with E-state index in [9.17, 15) is 8.92 Å². The van der Waals surface area contributed by atoms with Crippen molar-refractivity contribution in [2.24, 2.45) is 0 Å². The van der Waals surface area contributed by atoms with Crippen molar-refractivity contribution in [1.82, 2.24) is 0 Å². The normalized spacial score (nSPS) is 10.0. The average molecular weight is 160 g/mol. The largest absolute Gasteiger partial charge is 0.505 e. The number of phenols is 1. The van der Waals surface area contributed by atoms with Crippen molar-refractivity contribution in [3.63, 3.8) is 0 Å². The average Bonchev–Trinajstić information content (AvgIpc) is 1.98. The number of halogens is 2. The Morgan fingerprint density at radius 2 is 2.18 bits per heavy atom. The lowest BCUT2D eigenvalue weighted by molar-refractivity contribution is -0.144. The van der Waals surface area contributed by atoms with Crippen molar-refractivity contribution in [2.45, 2.75) is 6.61 Å². The molecule has 0 aliphatic heterocycles. The standard InChI is InChI=1S/C7H6F2O2/c8-6-2-1-5(4-11-9)3-7(6)10/h1-3,10H,4H2. The number of hydrogen-bond acceptors (Lipinski definition) is 2. The lowest BCUT2D eigenvalue weighted by atomic mass is 10.2. The van der Waals surface area contributed by atoms with E-state index in [4.69, 9.17) is 5.11 Å². The van der Waals surface area contributed by atoms with E-state index in [1.165, 1.54) is 6.07 Å². The van der Waals surface area contributed by atoms with Crippen LogP contribution in [0, 0.1) is 5.82 Å². The summed E-state index contributed by atoms with van der Waals surface area (Å²) in [5.41, 5.74) is 0.381. The summed E-state index contributed by atoms with van der Waals surface area (Å²) in [6.45, 7) is -0.284. The Hall–Kier alpha value is -1.16. The first-order chi connectivity index (χ1) is 5.24. The summed E-state index contributed by atoms with van der Waals surface area (Å²) in [5, 5.41) is 8.77. The molecule has 1 N–H and O–H groups in total. The molecule has 2 nitrogen and oxygen atoms in total. The van der Waals surface area contributed by atoms with Gasteiger partial charge in [0.05, 0.1) is 0 Å². The number of hydrogen-bond donors (Lipinski definition) is 1. The third kappa shape index (κ3) is 1.88. The van der Waals surface area contributed by atoms with Gasteiger partial charge in [0.25, 0.3) is 0 Å². The van der Waals surface area contributed by atoms with E-state index < -0.39 is 11.6 Å². The quantitative estimate of drug-likeness (QED) is 0.716. The van der Waals surface area contributed by atoms with Crippen molar-refractivity contribution in [2.75, 3.05) is 0 Å². The third-order valence-electron chi connectivity index (χ3n) is 1.23. The monoisotopic (exact) mass is 160 g/mol. The molecular weight excluding hydrogens is 154 g/mol. The molecule has 0 amide bonds. The topological polar surface area (TPSA) is 29.5 Å². The second kappa shape index (κ2) is 3.30. The number of rotatable bonds is 2. The van der Waals surface area contributed by atoms with E-state index >= 15 is 0 Å². The van der Waals surface area contributed by atoms with Gasteiger partial charge in [-0.2, -0.15) is 4.94 Å². The van der Waals surface area contributed by atoms with Gasteiger partial charge in [0.1, 0.15) is 6.61 Å². The number of aromatic hydroxyl groups is 1. The Morgan fingerprint density at radius 1 is 1.45 bits per heavy atom. The van der Waals surface area contributed by atoms with Crippen molar-refractivity contribution < 1.29 is 19.0 Å². The maximum Gasteiger partial charge on any atom is 0.164 e. The molecule has 0 bridgehead atoms. The molecule has 4 heteroatoms. The van der Waals surface area contributed by atoms with Gasteiger partial charge in [-0.1, -0.05) is 6.07 Å². The van der Waals surface area contributed by atoms with Crippen LogP contribution < -0.4 is 0 Å². The van der Waals surface area contributed by atoms with Crippen molar-refractivity contribution in [1.29, 1.82) is 0 Å². The molecular formula is C7H6F2O2. The molecule has 0 fully saturated rings. The molecule has 11 heavy (non-hydrogen) atoms.